The SMILES string of the molecule is C=C(C=C1C(=O)N(c2ccc(F)cc2)C1c1ccccc1)NOCCCN(CC)CCCC. The fraction of sp³-hybridized carbons (Fsp3) is 0.370. The van der Waals surface area contributed by atoms with Crippen LogP contribution in [-0.4, -0.2) is 37.0 Å². The van der Waals surface area contributed by atoms with E-state index in [4.69, 9.17) is 4.84 Å². The van der Waals surface area contributed by atoms with Gasteiger partial charge >= 0.3 is 0 Å². The maximum atomic E-state index is 13.4. The molecule has 1 heterocycles. The second-order valence-corrected chi connectivity index (χ2v) is 8.18. The first kappa shape index (κ1) is 24.7. The maximum Gasteiger partial charge on any atom is 0.257 e. The molecule has 2 aromatic rings. The van der Waals surface area contributed by atoms with E-state index in [9.17, 15) is 9.18 Å². The van der Waals surface area contributed by atoms with Crippen LogP contribution in [0.4, 0.5) is 10.1 Å². The van der Waals surface area contributed by atoms with Crippen LogP contribution in [0.2, 0.25) is 0 Å². The Labute approximate surface area is 196 Å². The first-order valence-corrected chi connectivity index (χ1v) is 11.7. The van der Waals surface area contributed by atoms with Crippen molar-refractivity contribution in [1.29, 1.82) is 0 Å². The molecule has 1 saturated heterocycles. The van der Waals surface area contributed by atoms with E-state index in [1.165, 1.54) is 25.0 Å². The Morgan fingerprint density at radius 1 is 1.12 bits per heavy atom. The summed E-state index contributed by atoms with van der Waals surface area (Å²) in [7, 11) is 0. The molecule has 0 aliphatic carbocycles. The van der Waals surface area contributed by atoms with Gasteiger partial charge in [-0.2, -0.15) is 0 Å². The van der Waals surface area contributed by atoms with Gasteiger partial charge in [0.25, 0.3) is 5.91 Å². The molecule has 6 heteroatoms. The quantitative estimate of drug-likeness (QED) is 0.192. The molecule has 3 rings (SSSR count). The number of carbonyl (C=O) groups excluding carboxylic acids is 1. The summed E-state index contributed by atoms with van der Waals surface area (Å²) < 4.78 is 13.4. The van der Waals surface area contributed by atoms with E-state index >= 15 is 0 Å². The Bertz CT molecular complexity index is 944. The highest BCUT2D eigenvalue weighted by molar-refractivity contribution is 6.15. The number of anilines is 1. The van der Waals surface area contributed by atoms with E-state index in [1.807, 2.05) is 30.3 Å². The highest BCUT2D eigenvalue weighted by Crippen LogP contribution is 2.43. The van der Waals surface area contributed by atoms with Crippen LogP contribution in [0.3, 0.4) is 0 Å². The summed E-state index contributed by atoms with van der Waals surface area (Å²) in [5, 5.41) is 0. The van der Waals surface area contributed by atoms with Crippen LogP contribution in [0.5, 0.6) is 0 Å². The number of nitrogens with zero attached hydrogens (tertiary/aromatic N) is 2. The van der Waals surface area contributed by atoms with Crippen LogP contribution in [0.15, 0.2) is 78.5 Å². The van der Waals surface area contributed by atoms with E-state index in [-0.39, 0.29) is 17.8 Å². The molecule has 0 bridgehead atoms. The topological polar surface area (TPSA) is 44.8 Å². The second kappa shape index (κ2) is 12.3. The van der Waals surface area contributed by atoms with Crippen LogP contribution in [0.25, 0.3) is 0 Å². The molecule has 5 nitrogen and oxygen atoms in total. The zero-order valence-electron chi connectivity index (χ0n) is 19.6. The van der Waals surface area contributed by atoms with Crippen molar-refractivity contribution < 1.29 is 14.0 Å². The summed E-state index contributed by atoms with van der Waals surface area (Å²) in [6.07, 6.45) is 5.06. The predicted molar refractivity (Wildman–Crippen MR) is 131 cm³/mol. The molecule has 0 radical (unpaired) electrons. The van der Waals surface area contributed by atoms with Crippen molar-refractivity contribution in [3.05, 3.63) is 89.9 Å². The minimum absolute atomic E-state index is 0.132. The molecular formula is C27H34FN3O2. The van der Waals surface area contributed by atoms with E-state index in [2.05, 4.69) is 30.8 Å². The second-order valence-electron chi connectivity index (χ2n) is 8.18. The number of rotatable bonds is 13. The van der Waals surface area contributed by atoms with Gasteiger partial charge in [-0.15, -0.1) is 0 Å². The van der Waals surface area contributed by atoms with E-state index < -0.39 is 0 Å². The fourth-order valence-corrected chi connectivity index (χ4v) is 3.95. The number of unbranched alkanes of at least 4 members (excludes halogenated alkanes) is 1. The minimum Gasteiger partial charge on any atom is -0.304 e. The number of hydroxylamine groups is 1. The summed E-state index contributed by atoms with van der Waals surface area (Å²) in [6.45, 7) is 12.1. The Morgan fingerprint density at radius 2 is 1.82 bits per heavy atom. The number of hydrogen-bond donors (Lipinski definition) is 1. The van der Waals surface area contributed by atoms with Crippen molar-refractivity contribution in [2.24, 2.45) is 0 Å². The largest absolute Gasteiger partial charge is 0.304 e. The molecule has 1 amide bonds. The molecule has 1 fully saturated rings. The lowest BCUT2D eigenvalue weighted by atomic mass is 9.86. The van der Waals surface area contributed by atoms with Gasteiger partial charge in [-0.1, -0.05) is 57.2 Å². The van der Waals surface area contributed by atoms with Crippen LogP contribution < -0.4 is 10.4 Å². The zero-order valence-corrected chi connectivity index (χ0v) is 19.6. The number of amides is 1. The van der Waals surface area contributed by atoms with Gasteiger partial charge in [0.15, 0.2) is 0 Å². The molecule has 1 unspecified atom stereocenters. The molecule has 1 atom stereocenters. The normalized spacial score (nSPS) is 16.8. The Balaban J connectivity index is 1.59. The summed E-state index contributed by atoms with van der Waals surface area (Å²) in [6, 6.07) is 15.5. The molecule has 1 N–H and O–H groups in total. The average Bonchev–Trinajstić information content (AvgIpc) is 2.84. The number of halogens is 1. The molecule has 1 aliphatic rings. The van der Waals surface area contributed by atoms with Crippen molar-refractivity contribution in [3.8, 4) is 0 Å². The molecule has 0 aromatic heterocycles. The van der Waals surface area contributed by atoms with Crippen molar-refractivity contribution in [2.75, 3.05) is 31.1 Å². The standard InChI is InChI=1S/C27H34FN3O2/c1-4-6-17-30(5-2)18-10-19-33-29-21(3)20-25-26(22-11-8-7-9-12-22)31(27(25)32)24-15-13-23(28)14-16-24/h7-9,11-16,20,26,29H,3-6,10,17-19H2,1-2H3. The molecule has 0 spiro atoms. The lowest BCUT2D eigenvalue weighted by molar-refractivity contribution is -0.119. The van der Waals surface area contributed by atoms with Gasteiger partial charge in [0.2, 0.25) is 0 Å². The van der Waals surface area contributed by atoms with Gasteiger partial charge in [-0.05, 0) is 61.8 Å². The van der Waals surface area contributed by atoms with E-state index in [0.29, 0.717) is 23.6 Å². The van der Waals surface area contributed by atoms with Gasteiger partial charge in [0, 0.05) is 17.8 Å². The smallest absolute Gasteiger partial charge is 0.257 e. The Morgan fingerprint density at radius 3 is 2.48 bits per heavy atom. The third-order valence-corrected chi connectivity index (χ3v) is 5.77. The minimum atomic E-state index is -0.333. The van der Waals surface area contributed by atoms with E-state index in [1.54, 1.807) is 23.1 Å². The number of benzene rings is 2. The summed E-state index contributed by atoms with van der Waals surface area (Å²) in [5.41, 5.74) is 5.64. The van der Waals surface area contributed by atoms with Crippen LogP contribution in [-0.2, 0) is 9.63 Å². The molecule has 0 saturated carbocycles. The summed E-state index contributed by atoms with van der Waals surface area (Å²) >= 11 is 0. The highest BCUT2D eigenvalue weighted by Gasteiger charge is 2.43. The molecule has 176 valence electrons. The average molecular weight is 452 g/mol. The number of hydrogen-bond acceptors (Lipinski definition) is 4. The van der Waals surface area contributed by atoms with Crippen molar-refractivity contribution in [1.82, 2.24) is 10.4 Å². The fourth-order valence-electron chi connectivity index (χ4n) is 3.95. The zero-order chi connectivity index (χ0) is 23.6. The lowest BCUT2D eigenvalue weighted by Crippen LogP contribution is -2.49. The highest BCUT2D eigenvalue weighted by atomic mass is 19.1. The monoisotopic (exact) mass is 451 g/mol. The predicted octanol–water partition coefficient (Wildman–Crippen LogP) is 5.39. The summed E-state index contributed by atoms with van der Waals surface area (Å²) in [4.78, 5) is 22.7. The molecule has 33 heavy (non-hydrogen) atoms. The number of nitrogens with one attached hydrogen (secondary N) is 1. The first-order valence-electron chi connectivity index (χ1n) is 11.7. The Hall–Kier alpha value is -2.96. The van der Waals surface area contributed by atoms with Gasteiger partial charge < -0.3 is 4.90 Å². The molecular weight excluding hydrogens is 417 g/mol. The van der Waals surface area contributed by atoms with Crippen LogP contribution in [0, 0.1) is 5.82 Å². The third kappa shape index (κ3) is 6.53. The van der Waals surface area contributed by atoms with Crippen molar-refractivity contribution >= 4 is 11.6 Å². The first-order chi connectivity index (χ1) is 16.0. The lowest BCUT2D eigenvalue weighted by Gasteiger charge is -2.43. The van der Waals surface area contributed by atoms with Crippen LogP contribution >= 0.6 is 0 Å². The van der Waals surface area contributed by atoms with Gasteiger partial charge in [-0.3, -0.25) is 20.0 Å². The number of allylic oxidation sites excluding steroid dienone is 1. The van der Waals surface area contributed by atoms with Gasteiger partial charge in [0.05, 0.1) is 18.3 Å². The van der Waals surface area contributed by atoms with Gasteiger partial charge in [-0.25, -0.2) is 4.39 Å². The van der Waals surface area contributed by atoms with Gasteiger partial charge in [0.1, 0.15) is 5.82 Å². The summed E-state index contributed by atoms with van der Waals surface area (Å²) in [5.74, 6) is -0.464. The van der Waals surface area contributed by atoms with Crippen LogP contribution in [0.1, 0.15) is 44.7 Å². The van der Waals surface area contributed by atoms with E-state index in [0.717, 1.165) is 31.6 Å². The van der Waals surface area contributed by atoms with Crippen molar-refractivity contribution in [3.63, 3.8) is 0 Å². The molecule has 2 aromatic carbocycles. The van der Waals surface area contributed by atoms with Crippen molar-refractivity contribution in [2.45, 2.75) is 39.2 Å². The maximum absolute atomic E-state index is 13.4. The number of carbonyl (C=O) groups is 1. The molecule has 1 aliphatic heterocycles. The third-order valence-electron chi connectivity index (χ3n) is 5.77. The Kier molecular flexibility index (Phi) is 9.22. The number of β-lactam (4-membered cyclic amide) rings is 1.